The number of nitrogens with one attached hydrogen (secondary N) is 4. The number of hydrogen-bond acceptors (Lipinski definition) is 9. The number of likely N-dealkylation sites (tertiary alicyclic amines) is 2. The van der Waals surface area contributed by atoms with Crippen LogP contribution >= 0.6 is 0 Å². The molecule has 0 saturated carbocycles. The van der Waals surface area contributed by atoms with Gasteiger partial charge in [0.1, 0.15) is 29.2 Å². The zero-order chi connectivity index (χ0) is 42.8. The molecule has 0 bridgehead atoms. The molecule has 5 heterocycles. The number of aromatic amines is 2. The molecular weight excluding hydrogens is 763 g/mol. The van der Waals surface area contributed by atoms with E-state index in [9.17, 15) is 19.2 Å². The summed E-state index contributed by atoms with van der Waals surface area (Å²) in [5, 5.41) is 5.43. The van der Waals surface area contributed by atoms with Crippen molar-refractivity contribution in [2.24, 2.45) is 11.8 Å². The van der Waals surface area contributed by atoms with Crippen molar-refractivity contribution in [3.8, 4) is 33.5 Å². The van der Waals surface area contributed by atoms with Gasteiger partial charge in [0, 0.05) is 35.6 Å². The lowest BCUT2D eigenvalue weighted by Gasteiger charge is -2.32. The Morgan fingerprint density at radius 3 is 1.62 bits per heavy atom. The van der Waals surface area contributed by atoms with Crippen molar-refractivity contribution < 1.29 is 28.7 Å². The second kappa shape index (κ2) is 17.5. The van der Waals surface area contributed by atoms with Crippen molar-refractivity contribution in [1.82, 2.24) is 45.4 Å². The molecule has 15 nitrogen and oxygen atoms in total. The van der Waals surface area contributed by atoms with Crippen LogP contribution in [0.25, 0.3) is 44.7 Å². The minimum atomic E-state index is -0.722. The molecule has 0 spiro atoms. The Morgan fingerprint density at radius 2 is 1.13 bits per heavy atom. The van der Waals surface area contributed by atoms with Crippen LogP contribution in [0, 0.1) is 11.8 Å². The monoisotopic (exact) mass is 817 g/mol. The lowest BCUT2D eigenvalue weighted by Crippen LogP contribution is -2.52. The summed E-state index contributed by atoms with van der Waals surface area (Å²) < 4.78 is 9.58. The molecule has 0 aliphatic carbocycles. The Bertz CT molecular complexity index is 2340. The van der Waals surface area contributed by atoms with Gasteiger partial charge in [0.05, 0.1) is 32.0 Å². The number of H-pyrrole nitrogens is 2. The maximum atomic E-state index is 13.8. The highest BCUT2D eigenvalue weighted by atomic mass is 16.5. The highest BCUT2D eigenvalue weighted by molar-refractivity contribution is 5.88. The molecule has 0 radical (unpaired) electrons. The maximum Gasteiger partial charge on any atom is 0.407 e. The summed E-state index contributed by atoms with van der Waals surface area (Å²) in [5.41, 5.74) is 7.11. The number of fused-ring (bicyclic) bond motifs is 1. The number of benzene rings is 2. The van der Waals surface area contributed by atoms with Gasteiger partial charge in [-0.3, -0.25) is 9.59 Å². The Balaban J connectivity index is 1.03. The Hall–Kier alpha value is -6.25. The summed E-state index contributed by atoms with van der Waals surface area (Å²) >= 11 is 0. The van der Waals surface area contributed by atoms with Crippen LogP contribution in [0.4, 0.5) is 9.59 Å². The topological polar surface area (TPSA) is 188 Å². The van der Waals surface area contributed by atoms with Crippen LogP contribution in [-0.4, -0.2) is 97.1 Å². The number of aromatic nitrogens is 5. The third-order valence-corrected chi connectivity index (χ3v) is 11.9. The van der Waals surface area contributed by atoms with Gasteiger partial charge >= 0.3 is 12.2 Å². The zero-order valence-corrected chi connectivity index (χ0v) is 35.5. The number of amides is 4. The van der Waals surface area contributed by atoms with Gasteiger partial charge in [-0.2, -0.15) is 0 Å². The number of imidazole rings is 2. The fraction of sp³-hybridized carbons (Fsp3) is 0.444. The minimum Gasteiger partial charge on any atom is -0.453 e. The van der Waals surface area contributed by atoms with Gasteiger partial charge in [-0.05, 0) is 74.1 Å². The number of hydrogen-bond donors (Lipinski definition) is 4. The predicted octanol–water partition coefficient (Wildman–Crippen LogP) is 7.55. The number of rotatable bonds is 11. The normalized spacial score (nSPS) is 20.1. The van der Waals surface area contributed by atoms with E-state index in [0.717, 1.165) is 65.0 Å². The number of nitrogens with zero attached hydrogens (tertiary/aromatic N) is 5. The quantitative estimate of drug-likeness (QED) is 0.104. The van der Waals surface area contributed by atoms with E-state index in [1.165, 1.54) is 14.2 Å². The standard InChI is InChI=1S/C45H55N9O6/c1-24(2)37(50-44(57)59-7)42(55)53-26(5)9-19-35(53)40-47-23-34(49-40)31-17-15-29(16-18-31)28-11-13-30(14-12-28)32-21-33-39(46-22-32)52-41(48-33)36-20-10-27(6)54(36)43(56)38(25(3)4)51-45(58)60-8/h11-18,21-27,35-38H,9-10,19-20H2,1-8H3,(H,47,49)(H,50,57)(H,51,58)(H,46,48,52)/t26-,27-,35-,36?,37-,38-/m0/s1. The van der Waals surface area contributed by atoms with Crippen LogP contribution in [0.15, 0.2) is 67.0 Å². The molecule has 3 aromatic heterocycles. The molecule has 316 valence electrons. The summed E-state index contributed by atoms with van der Waals surface area (Å²) in [6.45, 7) is 11.7. The molecule has 60 heavy (non-hydrogen) atoms. The van der Waals surface area contributed by atoms with Gasteiger partial charge in [0.2, 0.25) is 11.8 Å². The molecule has 2 aliphatic heterocycles. The van der Waals surface area contributed by atoms with Gasteiger partial charge in [0.15, 0.2) is 5.65 Å². The average molecular weight is 818 g/mol. The molecule has 15 heteroatoms. The van der Waals surface area contributed by atoms with Gasteiger partial charge in [-0.1, -0.05) is 76.2 Å². The van der Waals surface area contributed by atoms with Crippen molar-refractivity contribution in [3.63, 3.8) is 0 Å². The van der Waals surface area contributed by atoms with Crippen LogP contribution < -0.4 is 10.6 Å². The van der Waals surface area contributed by atoms with Gasteiger partial charge in [0.25, 0.3) is 0 Å². The maximum absolute atomic E-state index is 13.8. The second-order valence-electron chi connectivity index (χ2n) is 16.6. The molecular formula is C45H55N9O6. The van der Waals surface area contributed by atoms with Crippen LogP contribution in [0.5, 0.6) is 0 Å². The fourth-order valence-electron chi connectivity index (χ4n) is 8.54. The number of ether oxygens (including phenoxy) is 2. The van der Waals surface area contributed by atoms with Crippen LogP contribution in [-0.2, 0) is 19.1 Å². The fourth-order valence-corrected chi connectivity index (χ4v) is 8.54. The zero-order valence-electron chi connectivity index (χ0n) is 35.5. The van der Waals surface area contributed by atoms with E-state index in [4.69, 9.17) is 24.4 Å². The van der Waals surface area contributed by atoms with Crippen molar-refractivity contribution >= 4 is 35.2 Å². The average Bonchev–Trinajstić information content (AvgIpc) is 4.06. The van der Waals surface area contributed by atoms with E-state index in [1.807, 2.05) is 81.9 Å². The first-order valence-electron chi connectivity index (χ1n) is 20.7. The largest absolute Gasteiger partial charge is 0.453 e. The smallest absolute Gasteiger partial charge is 0.407 e. The molecule has 7 rings (SSSR count). The lowest BCUT2D eigenvalue weighted by atomic mass is 10.00. The number of carbonyl (C=O) groups is 4. The molecule has 1 unspecified atom stereocenters. The molecule has 2 fully saturated rings. The molecule has 2 aliphatic rings. The van der Waals surface area contributed by atoms with Crippen molar-refractivity contribution in [1.29, 1.82) is 0 Å². The summed E-state index contributed by atoms with van der Waals surface area (Å²) in [7, 11) is 2.58. The van der Waals surface area contributed by atoms with Crippen molar-refractivity contribution in [3.05, 3.63) is 78.6 Å². The van der Waals surface area contributed by atoms with Crippen molar-refractivity contribution in [2.75, 3.05) is 14.2 Å². The van der Waals surface area contributed by atoms with E-state index in [0.29, 0.717) is 17.0 Å². The first-order chi connectivity index (χ1) is 28.8. The van der Waals surface area contributed by atoms with E-state index >= 15 is 0 Å². The molecule has 2 aromatic carbocycles. The second-order valence-corrected chi connectivity index (χ2v) is 16.6. The number of carbonyl (C=O) groups excluding carboxylic acids is 4. The third kappa shape index (κ3) is 8.43. The summed E-state index contributed by atoms with van der Waals surface area (Å²) in [6, 6.07) is 16.6. The molecule has 2 saturated heterocycles. The first kappa shape index (κ1) is 41.9. The first-order valence-corrected chi connectivity index (χ1v) is 20.7. The highest BCUT2D eigenvalue weighted by Crippen LogP contribution is 2.38. The number of alkyl carbamates (subject to hydrolysis) is 2. The Kier molecular flexibility index (Phi) is 12.2. The molecule has 5 aromatic rings. The lowest BCUT2D eigenvalue weighted by molar-refractivity contribution is -0.138. The minimum absolute atomic E-state index is 0.00164. The van der Waals surface area contributed by atoms with Crippen LogP contribution in [0.2, 0.25) is 0 Å². The SMILES string of the molecule is COC(=O)N[C@H](C(=O)N1C(c2nc3cc(-c4ccc(-c5ccc(-c6c[nH]c([C@@H]7CC[C@H](C)N7C(=O)[C@@H](NC(=O)OC)C(C)C)n6)cc5)cc4)cnc3[nH]2)CC[C@@H]1C)C(C)C. The summed E-state index contributed by atoms with van der Waals surface area (Å²) in [6.07, 6.45) is 5.59. The number of methoxy groups -OCH3 is 2. The van der Waals surface area contributed by atoms with E-state index in [-0.39, 0.29) is 47.8 Å². The highest BCUT2D eigenvalue weighted by Gasteiger charge is 2.42. The third-order valence-electron chi connectivity index (χ3n) is 11.9. The molecule has 4 amide bonds. The van der Waals surface area contributed by atoms with Crippen molar-refractivity contribution in [2.45, 2.75) is 103 Å². The van der Waals surface area contributed by atoms with E-state index in [1.54, 1.807) is 0 Å². The van der Waals surface area contributed by atoms with Crippen LogP contribution in [0.1, 0.15) is 91.0 Å². The molecule has 4 N–H and O–H groups in total. The van der Waals surface area contributed by atoms with E-state index < -0.39 is 24.3 Å². The van der Waals surface area contributed by atoms with Crippen LogP contribution in [0.3, 0.4) is 0 Å². The predicted molar refractivity (Wildman–Crippen MR) is 227 cm³/mol. The number of pyridine rings is 1. The molecule has 6 atom stereocenters. The summed E-state index contributed by atoms with van der Waals surface area (Å²) in [4.78, 5) is 76.6. The van der Waals surface area contributed by atoms with Gasteiger partial charge < -0.3 is 39.9 Å². The Labute approximate surface area is 350 Å². The van der Waals surface area contributed by atoms with Gasteiger partial charge in [-0.25, -0.2) is 24.5 Å². The van der Waals surface area contributed by atoms with E-state index in [2.05, 4.69) is 57.0 Å². The summed E-state index contributed by atoms with van der Waals surface area (Å²) in [5.74, 6) is 0.840. The van der Waals surface area contributed by atoms with Gasteiger partial charge in [-0.15, -0.1) is 0 Å². The Morgan fingerprint density at radius 1 is 0.667 bits per heavy atom.